The molecule has 0 aliphatic heterocycles. The number of rotatable bonds is 3. The maximum Gasteiger partial charge on any atom is 0.197 e. The van der Waals surface area contributed by atoms with Gasteiger partial charge in [-0.25, -0.2) is 0 Å². The van der Waals surface area contributed by atoms with E-state index in [0.29, 0.717) is 15.4 Å². The molecule has 0 heterocycles. The molecular formula is CH13N9. The summed E-state index contributed by atoms with van der Waals surface area (Å²) >= 11 is 0. The molecule has 0 amide bonds. The van der Waals surface area contributed by atoms with E-state index in [1.807, 2.05) is 0 Å². The van der Waals surface area contributed by atoms with Crippen molar-refractivity contribution in [1.82, 2.24) is 15.4 Å². The Hall–Kier alpha value is -0.360. The van der Waals surface area contributed by atoms with Gasteiger partial charge >= 0.3 is 0 Å². The lowest BCUT2D eigenvalue weighted by atomic mass is 10.8. The molecule has 0 fully saturated rings. The third kappa shape index (κ3) is 2.49. The molecule has 9 nitrogen and oxygen atoms in total. The standard InChI is InChI=1S/CH13N9/c2-8(3)1(9(4)5)10(6)7/h1H,2-7H2. The van der Waals surface area contributed by atoms with Gasteiger partial charge in [0.1, 0.15) is 0 Å². The first kappa shape index (κ1) is 9.64. The maximum atomic E-state index is 5.05. The van der Waals surface area contributed by atoms with Crippen LogP contribution in [0, 0.1) is 0 Å². The summed E-state index contributed by atoms with van der Waals surface area (Å²) in [6.45, 7) is 0. The van der Waals surface area contributed by atoms with E-state index < -0.39 is 6.29 Å². The first-order valence-electron chi connectivity index (χ1n) is 2.32. The van der Waals surface area contributed by atoms with Crippen molar-refractivity contribution in [3.05, 3.63) is 0 Å². The molecule has 0 aliphatic rings. The fourth-order valence-corrected chi connectivity index (χ4v) is 0.462. The van der Waals surface area contributed by atoms with Gasteiger partial charge in [0, 0.05) is 0 Å². The Morgan fingerprint density at radius 2 is 0.800 bits per heavy atom. The van der Waals surface area contributed by atoms with Crippen molar-refractivity contribution < 1.29 is 0 Å². The molecule has 10 heavy (non-hydrogen) atoms. The summed E-state index contributed by atoms with van der Waals surface area (Å²) in [5, 5.41) is 2.00. The van der Waals surface area contributed by atoms with E-state index in [0.717, 1.165) is 0 Å². The van der Waals surface area contributed by atoms with Gasteiger partial charge in [0.05, 0.1) is 0 Å². The van der Waals surface area contributed by atoms with Crippen LogP contribution >= 0.6 is 0 Å². The second-order valence-corrected chi connectivity index (χ2v) is 1.69. The van der Waals surface area contributed by atoms with Crippen LogP contribution in [0.4, 0.5) is 0 Å². The van der Waals surface area contributed by atoms with E-state index in [1.165, 1.54) is 0 Å². The van der Waals surface area contributed by atoms with Crippen LogP contribution in [0.15, 0.2) is 0 Å². The number of hydrogen-bond acceptors (Lipinski definition) is 9. The SMILES string of the molecule is NN(N)C(N(N)N)N(N)N. The lowest BCUT2D eigenvalue weighted by molar-refractivity contribution is -0.0800. The molecular weight excluding hydrogens is 138 g/mol. The van der Waals surface area contributed by atoms with Crippen LogP contribution in [-0.2, 0) is 0 Å². The summed E-state index contributed by atoms with van der Waals surface area (Å²) < 4.78 is 0. The third-order valence-corrected chi connectivity index (χ3v) is 0.800. The Morgan fingerprint density at radius 1 is 0.600 bits per heavy atom. The van der Waals surface area contributed by atoms with Gasteiger partial charge in [-0.05, 0) is 0 Å². The monoisotopic (exact) mass is 151 g/mol. The van der Waals surface area contributed by atoms with Gasteiger partial charge in [-0.15, -0.1) is 15.4 Å². The first-order valence-corrected chi connectivity index (χ1v) is 2.32. The van der Waals surface area contributed by atoms with Gasteiger partial charge < -0.3 is 0 Å². The quantitative estimate of drug-likeness (QED) is 0.132. The zero-order valence-electron chi connectivity index (χ0n) is 5.38. The molecule has 0 unspecified atom stereocenters. The summed E-state index contributed by atoms with van der Waals surface area (Å²) in [5.74, 6) is 30.3. The highest BCUT2D eigenvalue weighted by molar-refractivity contribution is 4.47. The second-order valence-electron chi connectivity index (χ2n) is 1.69. The van der Waals surface area contributed by atoms with Crippen molar-refractivity contribution in [2.75, 3.05) is 0 Å². The Bertz CT molecular complexity index is 65.7. The summed E-state index contributed by atoms with van der Waals surface area (Å²) in [7, 11) is 0. The van der Waals surface area contributed by atoms with E-state index in [4.69, 9.17) is 35.1 Å². The molecule has 12 N–H and O–H groups in total. The van der Waals surface area contributed by atoms with Gasteiger partial charge in [0.25, 0.3) is 0 Å². The lowest BCUT2D eigenvalue weighted by Crippen LogP contribution is -2.70. The predicted molar refractivity (Wildman–Crippen MR) is 34.4 cm³/mol. The number of nitrogens with zero attached hydrogens (tertiary/aromatic N) is 3. The van der Waals surface area contributed by atoms with E-state index in [-0.39, 0.29) is 0 Å². The first-order chi connectivity index (χ1) is 4.46. The lowest BCUT2D eigenvalue weighted by Gasteiger charge is -2.31. The Morgan fingerprint density at radius 3 is 0.800 bits per heavy atom. The zero-order chi connectivity index (χ0) is 8.31. The molecule has 0 rings (SSSR count). The van der Waals surface area contributed by atoms with Gasteiger partial charge in [-0.3, -0.25) is 35.1 Å². The van der Waals surface area contributed by atoms with Crippen molar-refractivity contribution in [1.29, 1.82) is 0 Å². The molecule has 0 spiro atoms. The Labute approximate surface area is 57.9 Å². The third-order valence-electron chi connectivity index (χ3n) is 0.800. The van der Waals surface area contributed by atoms with Crippen LogP contribution in [-0.4, -0.2) is 21.6 Å². The molecule has 62 valence electrons. The van der Waals surface area contributed by atoms with Gasteiger partial charge in [0.2, 0.25) is 0 Å². The minimum atomic E-state index is -0.944. The molecule has 0 aromatic heterocycles. The number of hydrogen-bond donors (Lipinski definition) is 6. The van der Waals surface area contributed by atoms with Crippen molar-refractivity contribution in [3.63, 3.8) is 0 Å². The minimum Gasteiger partial charge on any atom is -0.252 e. The Kier molecular flexibility index (Phi) is 3.59. The van der Waals surface area contributed by atoms with Crippen LogP contribution in [0.1, 0.15) is 0 Å². The van der Waals surface area contributed by atoms with Gasteiger partial charge in [-0.1, -0.05) is 0 Å². The largest absolute Gasteiger partial charge is 0.252 e. The van der Waals surface area contributed by atoms with E-state index in [9.17, 15) is 0 Å². The highest BCUT2D eigenvalue weighted by atomic mass is 15.9. The van der Waals surface area contributed by atoms with Crippen LogP contribution in [0.25, 0.3) is 0 Å². The van der Waals surface area contributed by atoms with Crippen LogP contribution in [0.5, 0.6) is 0 Å². The topological polar surface area (TPSA) is 166 Å². The molecule has 0 saturated heterocycles. The van der Waals surface area contributed by atoms with Crippen molar-refractivity contribution >= 4 is 0 Å². The average molecular weight is 151 g/mol. The number of hydrazine groups is 6. The maximum absolute atomic E-state index is 5.05. The molecule has 0 radical (unpaired) electrons. The van der Waals surface area contributed by atoms with E-state index in [2.05, 4.69) is 0 Å². The highest BCUT2D eigenvalue weighted by Crippen LogP contribution is 1.85. The molecule has 0 aliphatic carbocycles. The Balaban J connectivity index is 3.98. The normalized spacial score (nSPS) is 12.6. The molecule has 0 bridgehead atoms. The fourth-order valence-electron chi connectivity index (χ4n) is 0.462. The zero-order valence-corrected chi connectivity index (χ0v) is 5.38. The minimum absolute atomic E-state index is 0.667. The smallest absolute Gasteiger partial charge is 0.197 e. The van der Waals surface area contributed by atoms with Crippen molar-refractivity contribution in [2.45, 2.75) is 6.29 Å². The summed E-state index contributed by atoms with van der Waals surface area (Å²) in [5.41, 5.74) is 0. The van der Waals surface area contributed by atoms with Crippen LogP contribution in [0.3, 0.4) is 0 Å². The van der Waals surface area contributed by atoms with E-state index >= 15 is 0 Å². The average Bonchev–Trinajstić information content (AvgIpc) is 1.59. The summed E-state index contributed by atoms with van der Waals surface area (Å²) in [6.07, 6.45) is -0.944. The molecule has 9 heteroatoms. The van der Waals surface area contributed by atoms with Crippen LogP contribution in [0.2, 0.25) is 0 Å². The summed E-state index contributed by atoms with van der Waals surface area (Å²) in [4.78, 5) is 0. The van der Waals surface area contributed by atoms with Crippen molar-refractivity contribution in [2.24, 2.45) is 35.1 Å². The van der Waals surface area contributed by atoms with Crippen LogP contribution < -0.4 is 35.1 Å². The molecule has 0 saturated carbocycles. The van der Waals surface area contributed by atoms with Gasteiger partial charge in [0.15, 0.2) is 6.29 Å². The number of nitrogens with two attached hydrogens (primary N) is 6. The molecule has 0 atom stereocenters. The molecule has 0 aromatic carbocycles. The van der Waals surface area contributed by atoms with E-state index in [1.54, 1.807) is 0 Å². The highest BCUT2D eigenvalue weighted by Gasteiger charge is 2.19. The van der Waals surface area contributed by atoms with Crippen molar-refractivity contribution in [3.8, 4) is 0 Å². The second kappa shape index (κ2) is 3.72. The van der Waals surface area contributed by atoms with Gasteiger partial charge in [-0.2, -0.15) is 0 Å². The summed E-state index contributed by atoms with van der Waals surface area (Å²) in [6, 6.07) is 0. The predicted octanol–water partition coefficient (Wildman–Crippen LogP) is -4.58. The fraction of sp³-hybridized carbons (Fsp3) is 1.00. The molecule has 0 aromatic rings.